The van der Waals surface area contributed by atoms with Crippen LogP contribution in [0.1, 0.15) is 29.9 Å². The Morgan fingerprint density at radius 2 is 1.58 bits per heavy atom. The highest BCUT2D eigenvalue weighted by Crippen LogP contribution is 2.64. The van der Waals surface area contributed by atoms with Crippen molar-refractivity contribution in [3.8, 4) is 17.2 Å². The fraction of sp³-hybridized carbons (Fsp3) is 0.178. The van der Waals surface area contributed by atoms with E-state index in [0.29, 0.717) is 50.1 Å². The number of imide groups is 2. The highest BCUT2D eigenvalue weighted by molar-refractivity contribution is 6.30. The second kappa shape index (κ2) is 13.0. The van der Waals surface area contributed by atoms with Crippen molar-refractivity contribution in [1.82, 2.24) is 9.99 Å². The molecule has 6 atom stereocenters. The Morgan fingerprint density at radius 1 is 0.825 bits per heavy atom. The quantitative estimate of drug-likeness (QED) is 0.128. The summed E-state index contributed by atoms with van der Waals surface area (Å²) >= 11 is 6.37. The number of phenolic OH excluding ortho intramolecular Hbond substituents is 1. The Hall–Kier alpha value is -6.59. The number of oxazole rings is 1. The number of carbonyl (C=O) groups excluding carboxylic acids is 4. The Morgan fingerprint density at radius 3 is 2.32 bits per heavy atom. The van der Waals surface area contributed by atoms with Crippen LogP contribution < -0.4 is 10.3 Å². The first kappa shape index (κ1) is 34.9. The molecule has 0 spiro atoms. The molecule has 10 rings (SSSR count). The van der Waals surface area contributed by atoms with E-state index in [1.807, 2.05) is 30.3 Å². The zero-order chi connectivity index (χ0) is 39.2. The molecule has 4 amide bonds. The standard InChI is InChI=1S/C45H32ClFN4O6/c46-27-12-10-26(11-13-27)45-35(42(54)51(44(45)56)49-29-16-14-28(47)15-17-29)23-34-32(39(45)25-4-3-5-31(52)22-25)20-21-33-38(34)43(55)50(41(33)53)30-18-8-24(9-19-30)40-48-36-6-1-2-7-37(36)57-40/h1-20,22,33-35,38-39,49,52H,21,23H2. The number of nitrogens with zero attached hydrogens (tertiary/aromatic N) is 3. The van der Waals surface area contributed by atoms with Crippen LogP contribution in [0.2, 0.25) is 5.02 Å². The zero-order valence-electron chi connectivity index (χ0n) is 30.0. The minimum atomic E-state index is -1.55. The van der Waals surface area contributed by atoms with E-state index in [0.717, 1.165) is 10.6 Å². The summed E-state index contributed by atoms with van der Waals surface area (Å²) < 4.78 is 19.8. The molecule has 12 heteroatoms. The van der Waals surface area contributed by atoms with Crippen LogP contribution in [0.3, 0.4) is 0 Å². The molecular weight excluding hydrogens is 747 g/mol. The number of fused-ring (bicyclic) bond motifs is 5. The van der Waals surface area contributed by atoms with Crippen molar-refractivity contribution in [1.29, 1.82) is 0 Å². The average molecular weight is 779 g/mol. The van der Waals surface area contributed by atoms with Crippen LogP contribution in [0.15, 0.2) is 137 Å². The third-order valence-electron chi connectivity index (χ3n) is 12.1. The maximum absolute atomic E-state index is 15.2. The molecular formula is C45H32ClFN4O6. The van der Waals surface area contributed by atoms with Gasteiger partial charge in [-0.15, -0.1) is 0 Å². The monoisotopic (exact) mass is 778 g/mol. The number of para-hydroxylation sites is 2. The fourth-order valence-corrected chi connectivity index (χ4v) is 9.86. The van der Waals surface area contributed by atoms with Gasteiger partial charge in [-0.1, -0.05) is 59.6 Å². The number of hydrogen-bond donors (Lipinski definition) is 2. The number of aromatic nitrogens is 1. The molecule has 0 radical (unpaired) electrons. The second-order valence-electron chi connectivity index (χ2n) is 15.0. The number of nitrogens with one attached hydrogen (secondary N) is 1. The lowest BCUT2D eigenvalue weighted by Crippen LogP contribution is -2.53. The van der Waals surface area contributed by atoms with Crippen molar-refractivity contribution < 1.29 is 33.1 Å². The summed E-state index contributed by atoms with van der Waals surface area (Å²) in [6.45, 7) is 0. The number of phenols is 1. The minimum absolute atomic E-state index is 0.0376. The highest BCUT2D eigenvalue weighted by atomic mass is 35.5. The van der Waals surface area contributed by atoms with Crippen LogP contribution in [0.4, 0.5) is 15.8 Å². The topological polar surface area (TPSA) is 133 Å². The van der Waals surface area contributed by atoms with Crippen molar-refractivity contribution in [2.45, 2.75) is 24.2 Å². The molecule has 0 bridgehead atoms. The molecule has 4 aliphatic rings. The molecule has 1 saturated carbocycles. The predicted octanol–water partition coefficient (Wildman–Crippen LogP) is 8.18. The number of allylic oxidation sites excluding steroid dienone is 2. The third kappa shape index (κ3) is 5.25. The molecule has 2 N–H and O–H groups in total. The molecule has 5 aromatic carbocycles. The molecule has 282 valence electrons. The van der Waals surface area contributed by atoms with Gasteiger partial charge in [0.15, 0.2) is 5.58 Å². The van der Waals surface area contributed by atoms with E-state index in [1.165, 1.54) is 35.2 Å². The van der Waals surface area contributed by atoms with Crippen LogP contribution in [0, 0.1) is 29.5 Å². The molecule has 3 fully saturated rings. The molecule has 1 aromatic heterocycles. The van der Waals surface area contributed by atoms with Gasteiger partial charge in [0, 0.05) is 16.5 Å². The lowest BCUT2D eigenvalue weighted by Gasteiger charge is -2.50. The van der Waals surface area contributed by atoms with E-state index in [9.17, 15) is 23.9 Å². The van der Waals surface area contributed by atoms with Crippen LogP contribution in [0.25, 0.3) is 22.6 Å². The summed E-state index contributed by atoms with van der Waals surface area (Å²) in [5, 5.41) is 12.2. The van der Waals surface area contributed by atoms with Gasteiger partial charge in [0.1, 0.15) is 17.1 Å². The van der Waals surface area contributed by atoms with Crippen LogP contribution >= 0.6 is 11.6 Å². The summed E-state index contributed by atoms with van der Waals surface area (Å²) in [6, 6.07) is 33.0. The minimum Gasteiger partial charge on any atom is -0.508 e. The number of halogens is 2. The van der Waals surface area contributed by atoms with Gasteiger partial charge in [-0.05, 0) is 115 Å². The lowest BCUT2D eigenvalue weighted by atomic mass is 9.49. The molecule has 57 heavy (non-hydrogen) atoms. The van der Waals surface area contributed by atoms with Gasteiger partial charge in [-0.3, -0.25) is 29.5 Å². The van der Waals surface area contributed by atoms with E-state index >= 15 is 4.79 Å². The van der Waals surface area contributed by atoms with Gasteiger partial charge < -0.3 is 9.52 Å². The van der Waals surface area contributed by atoms with Crippen LogP contribution in [-0.2, 0) is 24.6 Å². The molecule has 6 unspecified atom stereocenters. The number of carbonyl (C=O) groups is 4. The SMILES string of the molecule is O=C1C2CC3C(=CCC4C(=O)N(c5ccc(-c6nc7ccccc7o6)cc5)C(=O)C43)C(c3cccc(O)c3)C2(c2ccc(Cl)cc2)C(=O)N1Nc1ccc(F)cc1. The fourth-order valence-electron chi connectivity index (χ4n) is 9.74. The summed E-state index contributed by atoms with van der Waals surface area (Å²) in [4.78, 5) is 64.8. The highest BCUT2D eigenvalue weighted by Gasteiger charge is 2.70. The van der Waals surface area contributed by atoms with Gasteiger partial charge >= 0.3 is 0 Å². The maximum Gasteiger partial charge on any atom is 0.260 e. The average Bonchev–Trinajstić information content (AvgIpc) is 3.83. The van der Waals surface area contributed by atoms with Crippen LogP contribution in [0.5, 0.6) is 5.75 Å². The molecule has 2 aliphatic heterocycles. The number of benzene rings is 5. The second-order valence-corrected chi connectivity index (χ2v) is 15.5. The van der Waals surface area contributed by atoms with Gasteiger partial charge in [0.2, 0.25) is 17.7 Å². The van der Waals surface area contributed by atoms with Gasteiger partial charge in [-0.2, -0.15) is 5.01 Å². The van der Waals surface area contributed by atoms with Gasteiger partial charge in [0.25, 0.3) is 11.8 Å². The first-order valence-corrected chi connectivity index (χ1v) is 19.0. The number of hydrazine groups is 1. The molecule has 2 aliphatic carbocycles. The number of amides is 4. The van der Waals surface area contributed by atoms with E-state index in [-0.39, 0.29) is 30.4 Å². The maximum atomic E-state index is 15.2. The number of hydrogen-bond acceptors (Lipinski definition) is 8. The van der Waals surface area contributed by atoms with Gasteiger partial charge in [-0.25, -0.2) is 9.37 Å². The van der Waals surface area contributed by atoms with Crippen LogP contribution in [-0.4, -0.2) is 38.7 Å². The van der Waals surface area contributed by atoms with E-state index < -0.39 is 52.6 Å². The van der Waals surface area contributed by atoms with Gasteiger partial charge in [0.05, 0.1) is 34.5 Å². The molecule has 10 nitrogen and oxygen atoms in total. The van der Waals surface area contributed by atoms with Crippen molar-refractivity contribution >= 4 is 57.7 Å². The lowest BCUT2D eigenvalue weighted by molar-refractivity contribution is -0.138. The normalized spacial score (nSPS) is 25.4. The van der Waals surface area contributed by atoms with E-state index in [2.05, 4.69) is 10.4 Å². The Kier molecular flexibility index (Phi) is 7.95. The predicted molar refractivity (Wildman–Crippen MR) is 209 cm³/mol. The largest absolute Gasteiger partial charge is 0.508 e. The first-order chi connectivity index (χ1) is 27.6. The Labute approximate surface area is 330 Å². The molecule has 3 heterocycles. The zero-order valence-corrected chi connectivity index (χ0v) is 30.8. The van der Waals surface area contributed by atoms with Crippen molar-refractivity contribution in [2.24, 2.45) is 23.7 Å². The summed E-state index contributed by atoms with van der Waals surface area (Å²) in [5.74, 6) is -5.89. The van der Waals surface area contributed by atoms with Crippen molar-refractivity contribution in [3.63, 3.8) is 0 Å². The molecule has 2 saturated heterocycles. The van der Waals surface area contributed by atoms with E-state index in [1.54, 1.807) is 66.7 Å². The summed E-state index contributed by atoms with van der Waals surface area (Å²) in [7, 11) is 0. The van der Waals surface area contributed by atoms with Crippen molar-refractivity contribution in [3.05, 3.63) is 155 Å². The third-order valence-corrected chi connectivity index (χ3v) is 12.4. The number of aromatic hydroxyl groups is 1. The molecule has 6 aromatic rings. The van der Waals surface area contributed by atoms with E-state index in [4.69, 9.17) is 16.0 Å². The Bertz CT molecular complexity index is 2650. The number of anilines is 2. The smallest absolute Gasteiger partial charge is 0.260 e. The Balaban J connectivity index is 1.07. The first-order valence-electron chi connectivity index (χ1n) is 18.6. The van der Waals surface area contributed by atoms with Crippen molar-refractivity contribution in [2.75, 3.05) is 10.3 Å². The summed E-state index contributed by atoms with van der Waals surface area (Å²) in [6.07, 6.45) is 2.27. The summed E-state index contributed by atoms with van der Waals surface area (Å²) in [5.41, 5.74) is 5.98. The number of rotatable bonds is 6.